The second-order valence-corrected chi connectivity index (χ2v) is 1.31. The van der Waals surface area contributed by atoms with Gasteiger partial charge in [-0.3, -0.25) is 0 Å². The predicted octanol–water partition coefficient (Wildman–Crippen LogP) is -4.24. The maximum absolute atomic E-state index is 10.1. The van der Waals surface area contributed by atoms with Crippen molar-refractivity contribution in [1.82, 2.24) is 0 Å². The molecule has 0 unspecified atom stereocenters. The van der Waals surface area contributed by atoms with Crippen molar-refractivity contribution in [2.24, 2.45) is 0 Å². The fraction of sp³-hybridized carbons (Fsp3) is 0. The van der Waals surface area contributed by atoms with E-state index in [2.05, 4.69) is 9.47 Å². The van der Waals surface area contributed by atoms with Crippen LogP contribution in [0.25, 0.3) is 0 Å². The molecule has 0 amide bonds. The van der Waals surface area contributed by atoms with E-state index in [9.17, 15) is 19.2 Å². The Balaban J connectivity index is -0.000000101. The van der Waals surface area contributed by atoms with E-state index in [0.29, 0.717) is 0 Å². The van der Waals surface area contributed by atoms with Gasteiger partial charge in [0, 0.05) is 0 Å². The number of esters is 2. The standard InChI is InChI=1S/C4H2O8.2Ba.2Ca.8H/c5-1(11-3(7)8)2(6)12-4(9)10;;;;;;;;;;;;/h(H,7,8)(H,9,10);;;;;;;;;;;;. The van der Waals surface area contributed by atoms with Crippen molar-refractivity contribution < 1.29 is 38.9 Å². The first-order chi connectivity index (χ1) is 5.43. The number of carbonyl (C=O) groups excluding carboxylic acids is 2. The molecule has 0 saturated heterocycles. The van der Waals surface area contributed by atoms with Crippen molar-refractivity contribution in [3.8, 4) is 0 Å². The Hall–Kier alpha value is 3.54. The summed E-state index contributed by atoms with van der Waals surface area (Å²) in [5, 5.41) is 15.5. The first kappa shape index (κ1) is 31.8. The zero-order valence-corrected chi connectivity index (χ0v) is 5.34. The number of carboxylic acid groups (broad SMARTS) is 2. The molecule has 0 rings (SSSR count). The van der Waals surface area contributed by atoms with Crippen LogP contribution in [0.2, 0.25) is 0 Å². The molecule has 0 saturated carbocycles. The van der Waals surface area contributed by atoms with Gasteiger partial charge in [-0.15, -0.1) is 0 Å². The Morgan fingerprint density at radius 3 is 1.00 bits per heavy atom. The SMILES string of the molecule is O=C(O)OC(=O)C(=O)OC(=O)O.[BaH2].[BaH2].[CaH2].[CaH2]. The van der Waals surface area contributed by atoms with E-state index in [1.807, 2.05) is 0 Å². The first-order valence-electron chi connectivity index (χ1n) is 2.33. The summed E-state index contributed by atoms with van der Waals surface area (Å²) >= 11 is 0. The number of ether oxygens (including phenoxy) is 2. The quantitative estimate of drug-likeness (QED) is 0.137. The molecule has 16 heavy (non-hydrogen) atoms. The molecule has 0 aliphatic heterocycles. The third-order valence-electron chi connectivity index (χ3n) is 0.527. The average Bonchev–Trinajstić information content (AvgIpc) is 1.84. The second kappa shape index (κ2) is 18.5. The van der Waals surface area contributed by atoms with Gasteiger partial charge in [-0.25, -0.2) is 19.2 Å². The molecule has 0 atom stereocenters. The van der Waals surface area contributed by atoms with Gasteiger partial charge in [-0.05, 0) is 0 Å². The molecule has 0 heterocycles. The van der Waals surface area contributed by atoms with Crippen LogP contribution in [0.15, 0.2) is 0 Å². The molecular weight excluding hydrogens is 531 g/mol. The fourth-order valence-electron chi connectivity index (χ4n) is 0.242. The average molecular weight is 541 g/mol. The molecule has 82 valence electrons. The van der Waals surface area contributed by atoms with Gasteiger partial charge in [0.1, 0.15) is 0 Å². The third-order valence-corrected chi connectivity index (χ3v) is 0.527. The van der Waals surface area contributed by atoms with Gasteiger partial charge >= 0.3 is 197 Å². The maximum atomic E-state index is 10.1. The van der Waals surface area contributed by atoms with Crippen LogP contribution < -0.4 is 0 Å². The van der Waals surface area contributed by atoms with Gasteiger partial charge in [-0.2, -0.15) is 0 Å². The van der Waals surface area contributed by atoms with E-state index in [1.54, 1.807) is 0 Å². The molecule has 0 aliphatic rings. The molecule has 8 nitrogen and oxygen atoms in total. The van der Waals surface area contributed by atoms with Crippen LogP contribution in [0.4, 0.5) is 9.59 Å². The Morgan fingerprint density at radius 2 is 0.875 bits per heavy atom. The zero-order valence-electron chi connectivity index (χ0n) is 5.34. The normalized spacial score (nSPS) is 6.25. The summed E-state index contributed by atoms with van der Waals surface area (Å²) in [5.74, 6) is -3.82. The van der Waals surface area contributed by atoms with Crippen LogP contribution in [0.1, 0.15) is 0 Å². The van der Waals surface area contributed by atoms with Gasteiger partial charge < -0.3 is 19.7 Å². The van der Waals surface area contributed by atoms with E-state index in [0.717, 1.165) is 0 Å². The predicted molar refractivity (Wildman–Crippen MR) is 62.4 cm³/mol. The summed E-state index contributed by atoms with van der Waals surface area (Å²) in [7, 11) is 0. The number of hydrogen-bond donors (Lipinski definition) is 2. The minimum absolute atomic E-state index is 0. The summed E-state index contributed by atoms with van der Waals surface area (Å²) in [6, 6.07) is 0. The Bertz CT molecular complexity index is 230. The third kappa shape index (κ3) is 19.9. The van der Waals surface area contributed by atoms with Crippen molar-refractivity contribution in [2.75, 3.05) is 0 Å². The molecular formula is C4H10Ba2Ca2O8. The number of carbonyl (C=O) groups is 4. The van der Waals surface area contributed by atoms with Crippen LogP contribution in [-0.4, -0.2) is 208 Å². The number of hydrogen-bond acceptors (Lipinski definition) is 6. The molecule has 0 spiro atoms. The monoisotopic (exact) mass is 542 g/mol. The van der Waals surface area contributed by atoms with E-state index < -0.39 is 24.2 Å². The molecule has 0 fully saturated rings. The van der Waals surface area contributed by atoms with Gasteiger partial charge in [-0.1, -0.05) is 0 Å². The molecule has 0 aromatic carbocycles. The summed E-state index contributed by atoms with van der Waals surface area (Å²) < 4.78 is 6.51. The summed E-state index contributed by atoms with van der Waals surface area (Å²) in [5.41, 5.74) is 0. The first-order valence-corrected chi connectivity index (χ1v) is 2.33. The Morgan fingerprint density at radius 1 is 0.688 bits per heavy atom. The van der Waals surface area contributed by atoms with Gasteiger partial charge in [0.15, 0.2) is 0 Å². The van der Waals surface area contributed by atoms with Crippen LogP contribution >= 0.6 is 0 Å². The van der Waals surface area contributed by atoms with E-state index in [-0.39, 0.29) is 173 Å². The summed E-state index contributed by atoms with van der Waals surface area (Å²) in [4.78, 5) is 39.5. The van der Waals surface area contributed by atoms with Crippen molar-refractivity contribution in [3.63, 3.8) is 0 Å². The van der Waals surface area contributed by atoms with Gasteiger partial charge in [0.05, 0.1) is 0 Å². The van der Waals surface area contributed by atoms with Gasteiger partial charge in [0.2, 0.25) is 0 Å². The molecule has 0 aromatic heterocycles. The zero-order chi connectivity index (χ0) is 9.72. The Kier molecular flexibility index (Phi) is 36.8. The number of rotatable bonds is 0. The Labute approximate surface area is 230 Å². The fourth-order valence-corrected chi connectivity index (χ4v) is 0.242. The van der Waals surface area contributed by atoms with Crippen LogP contribution in [0, 0.1) is 0 Å². The molecule has 0 aromatic rings. The molecule has 0 radical (unpaired) electrons. The topological polar surface area (TPSA) is 127 Å². The van der Waals surface area contributed by atoms with Crippen LogP contribution in [0.3, 0.4) is 0 Å². The van der Waals surface area contributed by atoms with E-state index >= 15 is 0 Å². The van der Waals surface area contributed by atoms with Crippen molar-refractivity contribution in [2.45, 2.75) is 0 Å². The van der Waals surface area contributed by atoms with Crippen LogP contribution in [0.5, 0.6) is 0 Å². The van der Waals surface area contributed by atoms with E-state index in [4.69, 9.17) is 10.2 Å². The van der Waals surface area contributed by atoms with Crippen molar-refractivity contribution in [3.05, 3.63) is 0 Å². The summed E-state index contributed by atoms with van der Waals surface area (Å²) in [6.07, 6.45) is -4.05. The van der Waals surface area contributed by atoms with Crippen molar-refractivity contribution in [1.29, 1.82) is 0 Å². The minimum atomic E-state index is -2.03. The van der Waals surface area contributed by atoms with Crippen LogP contribution in [-0.2, 0) is 19.1 Å². The molecule has 2 N–H and O–H groups in total. The second-order valence-electron chi connectivity index (χ2n) is 1.31. The molecule has 12 heteroatoms. The summed E-state index contributed by atoms with van der Waals surface area (Å²) in [6.45, 7) is 0. The van der Waals surface area contributed by atoms with E-state index in [1.165, 1.54) is 0 Å². The van der Waals surface area contributed by atoms with Gasteiger partial charge in [0.25, 0.3) is 0 Å². The van der Waals surface area contributed by atoms with Crippen molar-refractivity contribution >= 4 is 197 Å². The molecule has 0 bridgehead atoms. The molecule has 0 aliphatic carbocycles.